The van der Waals surface area contributed by atoms with Gasteiger partial charge in [-0.1, -0.05) is 35.9 Å². The SMILES string of the molecule is Cc1ccc(F)cc1NC(=O)CN(Cc1ccccc1F)S(=O)(=O)c1ccc(Cl)cc1. The second-order valence-electron chi connectivity index (χ2n) is 6.83. The lowest BCUT2D eigenvalue weighted by molar-refractivity contribution is -0.116. The number of benzene rings is 3. The van der Waals surface area contributed by atoms with Crippen LogP contribution >= 0.6 is 11.6 Å². The van der Waals surface area contributed by atoms with Gasteiger partial charge in [-0.2, -0.15) is 4.31 Å². The van der Waals surface area contributed by atoms with Crippen molar-refractivity contribution in [1.29, 1.82) is 0 Å². The molecule has 9 heteroatoms. The van der Waals surface area contributed by atoms with E-state index in [1.54, 1.807) is 13.0 Å². The van der Waals surface area contributed by atoms with Crippen molar-refractivity contribution in [2.45, 2.75) is 18.4 Å². The van der Waals surface area contributed by atoms with Crippen LogP contribution in [0.1, 0.15) is 11.1 Å². The van der Waals surface area contributed by atoms with Gasteiger partial charge in [0.05, 0.1) is 11.4 Å². The maximum Gasteiger partial charge on any atom is 0.243 e. The van der Waals surface area contributed by atoms with Crippen LogP contribution in [0.3, 0.4) is 0 Å². The maximum absolute atomic E-state index is 14.2. The van der Waals surface area contributed by atoms with Crippen LogP contribution in [0.25, 0.3) is 0 Å². The molecule has 3 aromatic rings. The van der Waals surface area contributed by atoms with Crippen molar-refractivity contribution in [1.82, 2.24) is 4.31 Å². The van der Waals surface area contributed by atoms with Crippen LogP contribution in [0.15, 0.2) is 71.6 Å². The molecule has 0 bridgehead atoms. The number of anilines is 1. The minimum Gasteiger partial charge on any atom is -0.325 e. The highest BCUT2D eigenvalue weighted by Gasteiger charge is 2.28. The molecule has 162 valence electrons. The summed E-state index contributed by atoms with van der Waals surface area (Å²) in [5.41, 5.74) is 0.936. The van der Waals surface area contributed by atoms with Crippen molar-refractivity contribution in [3.8, 4) is 0 Å². The summed E-state index contributed by atoms with van der Waals surface area (Å²) in [4.78, 5) is 12.5. The molecule has 0 aliphatic rings. The topological polar surface area (TPSA) is 66.5 Å². The molecule has 0 saturated heterocycles. The zero-order chi connectivity index (χ0) is 22.6. The van der Waals surface area contributed by atoms with E-state index in [2.05, 4.69) is 5.32 Å². The van der Waals surface area contributed by atoms with E-state index in [-0.39, 0.29) is 22.7 Å². The van der Waals surface area contributed by atoms with E-state index in [1.165, 1.54) is 54.6 Å². The van der Waals surface area contributed by atoms with E-state index in [4.69, 9.17) is 11.6 Å². The summed E-state index contributed by atoms with van der Waals surface area (Å²) in [6.45, 7) is 0.707. The third kappa shape index (κ3) is 5.66. The Labute approximate surface area is 184 Å². The summed E-state index contributed by atoms with van der Waals surface area (Å²) in [6.07, 6.45) is 0. The highest BCUT2D eigenvalue weighted by atomic mass is 35.5. The number of aryl methyl sites for hydroxylation is 1. The molecule has 0 aliphatic heterocycles. The van der Waals surface area contributed by atoms with Gasteiger partial charge in [0.1, 0.15) is 11.6 Å². The average molecular weight is 465 g/mol. The largest absolute Gasteiger partial charge is 0.325 e. The highest BCUT2D eigenvalue weighted by molar-refractivity contribution is 7.89. The smallest absolute Gasteiger partial charge is 0.243 e. The molecule has 0 fully saturated rings. The number of nitrogens with one attached hydrogen (secondary N) is 1. The maximum atomic E-state index is 14.2. The predicted octanol–water partition coefficient (Wildman–Crippen LogP) is 4.76. The summed E-state index contributed by atoms with van der Waals surface area (Å²) in [5, 5.41) is 2.86. The molecule has 3 rings (SSSR count). The summed E-state index contributed by atoms with van der Waals surface area (Å²) in [7, 11) is -4.17. The molecule has 0 spiro atoms. The Balaban J connectivity index is 1.91. The van der Waals surface area contributed by atoms with E-state index in [0.717, 1.165) is 10.4 Å². The zero-order valence-electron chi connectivity index (χ0n) is 16.5. The van der Waals surface area contributed by atoms with E-state index < -0.39 is 34.1 Å². The molecule has 0 radical (unpaired) electrons. The van der Waals surface area contributed by atoms with Gasteiger partial charge in [0.25, 0.3) is 0 Å². The molecule has 31 heavy (non-hydrogen) atoms. The Morgan fingerprint density at radius 1 is 1.03 bits per heavy atom. The summed E-state index contributed by atoms with van der Waals surface area (Å²) in [5.74, 6) is -1.83. The first-order chi connectivity index (χ1) is 14.7. The van der Waals surface area contributed by atoms with E-state index in [0.29, 0.717) is 10.6 Å². The first-order valence-electron chi connectivity index (χ1n) is 9.22. The molecule has 0 atom stereocenters. The average Bonchev–Trinajstić information content (AvgIpc) is 2.72. The van der Waals surface area contributed by atoms with E-state index >= 15 is 0 Å². The van der Waals surface area contributed by atoms with Gasteiger partial charge in [0, 0.05) is 22.8 Å². The van der Waals surface area contributed by atoms with Crippen molar-refractivity contribution in [2.24, 2.45) is 0 Å². The third-order valence-corrected chi connectivity index (χ3v) is 6.61. The molecule has 0 aromatic heterocycles. The number of carbonyl (C=O) groups excluding carboxylic acids is 1. The number of halogens is 3. The first-order valence-corrected chi connectivity index (χ1v) is 11.0. The molecule has 0 heterocycles. The Morgan fingerprint density at radius 3 is 2.39 bits per heavy atom. The molecule has 1 amide bonds. The van der Waals surface area contributed by atoms with Gasteiger partial charge in [0.15, 0.2) is 0 Å². The fourth-order valence-electron chi connectivity index (χ4n) is 2.88. The lowest BCUT2D eigenvalue weighted by Gasteiger charge is -2.22. The summed E-state index contributed by atoms with van der Waals surface area (Å²) in [6, 6.07) is 15.0. The molecule has 0 saturated carbocycles. The Kier molecular flexibility index (Phi) is 7.04. The summed E-state index contributed by atoms with van der Waals surface area (Å²) < 4.78 is 55.0. The number of amides is 1. The number of nitrogens with zero attached hydrogens (tertiary/aromatic N) is 1. The minimum absolute atomic E-state index is 0.0945. The minimum atomic E-state index is -4.17. The van der Waals surface area contributed by atoms with Crippen LogP contribution in [-0.2, 0) is 21.4 Å². The standard InChI is InChI=1S/C22H19ClF2N2O3S/c1-15-6-9-18(24)12-21(15)26-22(28)14-27(13-16-4-2-3-5-20(16)25)31(29,30)19-10-7-17(23)8-11-19/h2-12H,13-14H2,1H3,(H,26,28). The number of rotatable bonds is 7. The molecular weight excluding hydrogens is 446 g/mol. The molecule has 5 nitrogen and oxygen atoms in total. The van der Waals surface area contributed by atoms with E-state index in [9.17, 15) is 22.0 Å². The van der Waals surface area contributed by atoms with Crippen molar-refractivity contribution in [3.63, 3.8) is 0 Å². The van der Waals surface area contributed by atoms with Gasteiger partial charge < -0.3 is 5.32 Å². The lowest BCUT2D eigenvalue weighted by Crippen LogP contribution is -2.37. The van der Waals surface area contributed by atoms with Crippen molar-refractivity contribution in [3.05, 3.63) is 94.5 Å². The monoisotopic (exact) mass is 464 g/mol. The number of carbonyl (C=O) groups is 1. The number of hydrogen-bond donors (Lipinski definition) is 1. The van der Waals surface area contributed by atoms with Gasteiger partial charge in [0.2, 0.25) is 15.9 Å². The van der Waals surface area contributed by atoms with Gasteiger partial charge in [-0.05, 0) is 55.0 Å². The third-order valence-electron chi connectivity index (χ3n) is 4.55. The van der Waals surface area contributed by atoms with Crippen LogP contribution in [0.4, 0.5) is 14.5 Å². The number of sulfonamides is 1. The van der Waals surface area contributed by atoms with Crippen molar-refractivity contribution in [2.75, 3.05) is 11.9 Å². The second kappa shape index (κ2) is 9.55. The van der Waals surface area contributed by atoms with Gasteiger partial charge in [-0.3, -0.25) is 4.79 Å². The quantitative estimate of drug-likeness (QED) is 0.548. The fourth-order valence-corrected chi connectivity index (χ4v) is 4.38. The van der Waals surface area contributed by atoms with Crippen LogP contribution in [0, 0.1) is 18.6 Å². The molecule has 0 aliphatic carbocycles. The normalized spacial score (nSPS) is 11.5. The van der Waals surface area contributed by atoms with E-state index in [1.807, 2.05) is 0 Å². The van der Waals surface area contributed by atoms with Crippen LogP contribution < -0.4 is 5.32 Å². The Hall–Kier alpha value is -2.81. The Morgan fingerprint density at radius 2 is 1.71 bits per heavy atom. The second-order valence-corrected chi connectivity index (χ2v) is 9.20. The van der Waals surface area contributed by atoms with Crippen molar-refractivity contribution >= 4 is 33.2 Å². The summed E-state index contributed by atoms with van der Waals surface area (Å²) >= 11 is 5.84. The molecule has 1 N–H and O–H groups in total. The highest BCUT2D eigenvalue weighted by Crippen LogP contribution is 2.22. The first kappa shape index (κ1) is 22.9. The lowest BCUT2D eigenvalue weighted by atomic mass is 10.2. The number of hydrogen-bond acceptors (Lipinski definition) is 3. The predicted molar refractivity (Wildman–Crippen MR) is 115 cm³/mol. The zero-order valence-corrected chi connectivity index (χ0v) is 18.1. The van der Waals surface area contributed by atoms with Gasteiger partial charge >= 0.3 is 0 Å². The van der Waals surface area contributed by atoms with Crippen LogP contribution in [-0.4, -0.2) is 25.2 Å². The van der Waals surface area contributed by atoms with Gasteiger partial charge in [-0.25, -0.2) is 17.2 Å². The fraction of sp³-hybridized carbons (Fsp3) is 0.136. The molecule has 0 unspecified atom stereocenters. The molecular formula is C22H19ClF2N2O3S. The van der Waals surface area contributed by atoms with Crippen molar-refractivity contribution < 1.29 is 22.0 Å². The van der Waals surface area contributed by atoms with Gasteiger partial charge in [-0.15, -0.1) is 0 Å². The Bertz CT molecular complexity index is 1200. The van der Waals surface area contributed by atoms with Crippen LogP contribution in [0.5, 0.6) is 0 Å². The van der Waals surface area contributed by atoms with Crippen LogP contribution in [0.2, 0.25) is 5.02 Å². The molecule has 3 aromatic carbocycles.